The fourth-order valence-electron chi connectivity index (χ4n) is 2.38. The second kappa shape index (κ2) is 6.90. The minimum Gasteiger partial charge on any atom is -0.306 e. The zero-order valence-corrected chi connectivity index (χ0v) is 14.0. The van der Waals surface area contributed by atoms with E-state index >= 15 is 0 Å². The van der Waals surface area contributed by atoms with E-state index in [-0.39, 0.29) is 0 Å². The quantitative estimate of drug-likeness (QED) is 0.730. The summed E-state index contributed by atoms with van der Waals surface area (Å²) in [4.78, 5) is 4.07. The van der Waals surface area contributed by atoms with Crippen LogP contribution in [0.4, 0.5) is 0 Å². The summed E-state index contributed by atoms with van der Waals surface area (Å²) in [5, 5.41) is 3.56. The molecule has 1 atom stereocenters. The molecule has 1 aromatic heterocycles. The number of imidazole rings is 1. The number of aromatic nitrogens is 2. The van der Waals surface area contributed by atoms with Gasteiger partial charge in [0.15, 0.2) is 0 Å². The molecule has 22 heavy (non-hydrogen) atoms. The van der Waals surface area contributed by atoms with E-state index in [9.17, 15) is 0 Å². The number of nitrogens with one attached hydrogen (secondary N) is 1. The Kier molecular flexibility index (Phi) is 4.71. The van der Waals surface area contributed by atoms with E-state index < -0.39 is 0 Å². The molecule has 0 fully saturated rings. The summed E-state index contributed by atoms with van der Waals surface area (Å²) < 4.78 is 3.12. The van der Waals surface area contributed by atoms with Crippen molar-refractivity contribution in [2.45, 2.75) is 19.5 Å². The topological polar surface area (TPSA) is 29.9 Å². The van der Waals surface area contributed by atoms with Gasteiger partial charge >= 0.3 is 0 Å². The van der Waals surface area contributed by atoms with Crippen LogP contribution in [0.25, 0.3) is 5.69 Å². The van der Waals surface area contributed by atoms with E-state index in [1.165, 1.54) is 11.1 Å². The van der Waals surface area contributed by atoms with Gasteiger partial charge in [0, 0.05) is 35.1 Å². The van der Waals surface area contributed by atoms with Crippen LogP contribution in [0.5, 0.6) is 0 Å². The Morgan fingerprint density at radius 2 is 2.00 bits per heavy atom. The zero-order chi connectivity index (χ0) is 15.4. The van der Waals surface area contributed by atoms with Gasteiger partial charge in [-0.1, -0.05) is 40.2 Å². The van der Waals surface area contributed by atoms with Crippen LogP contribution in [0, 0.1) is 0 Å². The van der Waals surface area contributed by atoms with Crippen LogP contribution in [-0.4, -0.2) is 9.55 Å². The molecule has 0 bridgehead atoms. The SMILES string of the molecule is C[C@@H](NCc1cccc(Br)c1)c1ccc(-n2ccnc2)cc1. The van der Waals surface area contributed by atoms with Crippen molar-refractivity contribution in [2.75, 3.05) is 0 Å². The van der Waals surface area contributed by atoms with Gasteiger partial charge in [-0.25, -0.2) is 4.98 Å². The third kappa shape index (κ3) is 3.64. The van der Waals surface area contributed by atoms with Gasteiger partial charge in [0.25, 0.3) is 0 Å². The summed E-state index contributed by atoms with van der Waals surface area (Å²) in [6.45, 7) is 3.04. The Morgan fingerprint density at radius 3 is 2.68 bits per heavy atom. The van der Waals surface area contributed by atoms with Crippen molar-refractivity contribution >= 4 is 15.9 Å². The van der Waals surface area contributed by atoms with Gasteiger partial charge in [-0.05, 0) is 42.3 Å². The molecular weight excluding hydrogens is 338 g/mol. The van der Waals surface area contributed by atoms with Crippen molar-refractivity contribution in [1.29, 1.82) is 0 Å². The third-order valence-electron chi connectivity index (χ3n) is 3.70. The van der Waals surface area contributed by atoms with E-state index in [0.717, 1.165) is 16.7 Å². The molecule has 2 aromatic carbocycles. The average Bonchev–Trinajstić information content (AvgIpc) is 3.07. The van der Waals surface area contributed by atoms with Gasteiger partial charge in [0.2, 0.25) is 0 Å². The van der Waals surface area contributed by atoms with Crippen LogP contribution >= 0.6 is 15.9 Å². The highest BCUT2D eigenvalue weighted by atomic mass is 79.9. The maximum atomic E-state index is 4.07. The maximum absolute atomic E-state index is 4.07. The van der Waals surface area contributed by atoms with Crippen molar-refractivity contribution < 1.29 is 0 Å². The van der Waals surface area contributed by atoms with Crippen LogP contribution < -0.4 is 5.32 Å². The predicted molar refractivity (Wildman–Crippen MR) is 93.0 cm³/mol. The molecule has 0 aliphatic rings. The predicted octanol–water partition coefficient (Wildman–Crippen LogP) is 4.49. The van der Waals surface area contributed by atoms with Crippen molar-refractivity contribution in [3.63, 3.8) is 0 Å². The van der Waals surface area contributed by atoms with Crippen LogP contribution in [0.1, 0.15) is 24.1 Å². The minimum atomic E-state index is 0.302. The normalized spacial score (nSPS) is 12.3. The van der Waals surface area contributed by atoms with Gasteiger partial charge in [-0.3, -0.25) is 0 Å². The van der Waals surface area contributed by atoms with Gasteiger partial charge in [0.1, 0.15) is 0 Å². The fourth-order valence-corrected chi connectivity index (χ4v) is 2.83. The first-order valence-electron chi connectivity index (χ1n) is 7.28. The second-order valence-electron chi connectivity index (χ2n) is 5.29. The lowest BCUT2D eigenvalue weighted by Gasteiger charge is -2.15. The zero-order valence-electron chi connectivity index (χ0n) is 12.4. The Balaban J connectivity index is 1.63. The summed E-state index contributed by atoms with van der Waals surface area (Å²) in [7, 11) is 0. The Hall–Kier alpha value is -1.91. The highest BCUT2D eigenvalue weighted by molar-refractivity contribution is 9.10. The van der Waals surface area contributed by atoms with Crippen LogP contribution in [0.3, 0.4) is 0 Å². The molecule has 3 aromatic rings. The molecule has 0 saturated carbocycles. The average molecular weight is 356 g/mol. The van der Waals surface area contributed by atoms with Crippen molar-refractivity contribution in [2.24, 2.45) is 0 Å². The number of hydrogen-bond acceptors (Lipinski definition) is 2. The van der Waals surface area contributed by atoms with Crippen LogP contribution in [0.15, 0.2) is 71.7 Å². The number of hydrogen-bond donors (Lipinski definition) is 1. The van der Waals surface area contributed by atoms with Crippen molar-refractivity contribution in [3.05, 3.63) is 82.9 Å². The molecule has 0 radical (unpaired) electrons. The first kappa shape index (κ1) is 15.0. The molecule has 0 spiro atoms. The molecule has 3 rings (SSSR count). The van der Waals surface area contributed by atoms with E-state index in [0.29, 0.717) is 6.04 Å². The minimum absolute atomic E-state index is 0.302. The summed E-state index contributed by atoms with van der Waals surface area (Å²) in [6.07, 6.45) is 5.55. The van der Waals surface area contributed by atoms with E-state index in [4.69, 9.17) is 0 Å². The third-order valence-corrected chi connectivity index (χ3v) is 4.19. The lowest BCUT2D eigenvalue weighted by molar-refractivity contribution is 0.574. The molecule has 0 saturated heterocycles. The van der Waals surface area contributed by atoms with Gasteiger partial charge in [-0.15, -0.1) is 0 Å². The van der Waals surface area contributed by atoms with Gasteiger partial charge in [0.05, 0.1) is 6.33 Å². The molecule has 112 valence electrons. The molecular formula is C18H18BrN3. The van der Waals surface area contributed by atoms with Crippen LogP contribution in [0.2, 0.25) is 0 Å². The molecule has 1 N–H and O–H groups in total. The smallest absolute Gasteiger partial charge is 0.0991 e. The maximum Gasteiger partial charge on any atom is 0.0991 e. The highest BCUT2D eigenvalue weighted by Gasteiger charge is 2.05. The molecule has 0 aliphatic carbocycles. The molecule has 4 heteroatoms. The summed E-state index contributed by atoms with van der Waals surface area (Å²) in [6, 6.07) is 17.2. The number of nitrogens with zero attached hydrogens (tertiary/aromatic N) is 2. The van der Waals surface area contributed by atoms with E-state index in [1.807, 2.05) is 23.2 Å². The monoisotopic (exact) mass is 355 g/mol. The largest absolute Gasteiger partial charge is 0.306 e. The number of rotatable bonds is 5. The first-order chi connectivity index (χ1) is 10.7. The Bertz CT molecular complexity index is 720. The van der Waals surface area contributed by atoms with Crippen molar-refractivity contribution in [3.8, 4) is 5.69 Å². The molecule has 0 unspecified atom stereocenters. The Morgan fingerprint density at radius 1 is 1.18 bits per heavy atom. The lowest BCUT2D eigenvalue weighted by atomic mass is 10.1. The second-order valence-corrected chi connectivity index (χ2v) is 6.21. The van der Waals surface area contributed by atoms with Gasteiger partial charge < -0.3 is 9.88 Å². The summed E-state index contributed by atoms with van der Waals surface area (Å²) >= 11 is 3.51. The number of benzene rings is 2. The van der Waals surface area contributed by atoms with E-state index in [2.05, 4.69) is 75.6 Å². The molecule has 0 amide bonds. The molecule has 0 aliphatic heterocycles. The molecule has 1 heterocycles. The van der Waals surface area contributed by atoms with Crippen LogP contribution in [-0.2, 0) is 6.54 Å². The molecule has 3 nitrogen and oxygen atoms in total. The first-order valence-corrected chi connectivity index (χ1v) is 8.08. The summed E-state index contributed by atoms with van der Waals surface area (Å²) in [5.74, 6) is 0. The fraction of sp³-hybridized carbons (Fsp3) is 0.167. The highest BCUT2D eigenvalue weighted by Crippen LogP contribution is 2.17. The van der Waals surface area contributed by atoms with Crippen molar-refractivity contribution in [1.82, 2.24) is 14.9 Å². The lowest BCUT2D eigenvalue weighted by Crippen LogP contribution is -2.18. The van der Waals surface area contributed by atoms with E-state index in [1.54, 1.807) is 6.20 Å². The number of halogens is 1. The standard InChI is InChI=1S/C18H18BrN3/c1-14(21-12-15-3-2-4-17(19)11-15)16-5-7-18(8-6-16)22-10-9-20-13-22/h2-11,13-14,21H,12H2,1H3/t14-/m1/s1. The Labute approximate surface area is 139 Å². The van der Waals surface area contributed by atoms with Gasteiger partial charge in [-0.2, -0.15) is 0 Å². The summed E-state index contributed by atoms with van der Waals surface area (Å²) in [5.41, 5.74) is 3.68.